The number of hydrogen-bond acceptors (Lipinski definition) is 0. The van der Waals surface area contributed by atoms with E-state index in [0.717, 1.165) is 35.5 Å². The number of aromatic nitrogens is 2. The zero-order chi connectivity index (χ0) is 45.9. The fraction of sp³-hybridized carbons (Fsp3) is 0.294. The Morgan fingerprint density at radius 1 is 0.408 bits per heavy atom. The van der Waals surface area contributed by atoms with Gasteiger partial charge in [0.1, 0.15) is 0 Å². The first-order valence-electron chi connectivity index (χ1n) is 27.6. The summed E-state index contributed by atoms with van der Waals surface area (Å²) in [7, 11) is 0. The zero-order valence-corrected chi connectivity index (χ0v) is 40.5. The van der Waals surface area contributed by atoms with Gasteiger partial charge in [-0.05, 0) is 239 Å². The van der Waals surface area contributed by atoms with Crippen molar-refractivity contribution in [1.82, 2.24) is 9.05 Å². The van der Waals surface area contributed by atoms with Crippen LogP contribution >= 0.6 is 0 Å². The van der Waals surface area contributed by atoms with E-state index < -0.39 is 0 Å². The Morgan fingerprint density at radius 3 is 1.66 bits per heavy atom. The van der Waals surface area contributed by atoms with Gasteiger partial charge < -0.3 is 9.05 Å². The maximum absolute atomic E-state index is 2.89. The fourth-order valence-electron chi connectivity index (χ4n) is 18.7. The van der Waals surface area contributed by atoms with Crippen LogP contribution in [0.3, 0.4) is 0 Å². The first kappa shape index (κ1) is 39.1. The monoisotopic (exact) mass is 912 g/mol. The molecule has 6 saturated carbocycles. The lowest BCUT2D eigenvalue weighted by molar-refractivity contribution is 0.139. The molecule has 8 unspecified atom stereocenters. The predicted molar refractivity (Wildman–Crippen MR) is 296 cm³/mol. The minimum absolute atomic E-state index is 0.00356. The minimum atomic E-state index is 0.00356. The summed E-state index contributed by atoms with van der Waals surface area (Å²) in [4.78, 5) is 0. The second-order valence-corrected chi connectivity index (χ2v) is 24.7. The van der Waals surface area contributed by atoms with Gasteiger partial charge in [0.05, 0.1) is 11.0 Å². The Labute approximate surface area is 416 Å². The lowest BCUT2D eigenvalue weighted by Crippen LogP contribution is -2.55. The van der Waals surface area contributed by atoms with E-state index in [1.807, 2.05) is 0 Å². The average Bonchev–Trinajstić information content (AvgIpc) is 4.07. The standard InChI is InChI=1S/C68H57BN2/c1-4-10-42(11-5-1)45-16-18-61-54(28-45)57-30-48(43-12-6-2-7-13-43)31-60-66(57)70(61)63-32-49(44-14-8-3-9-15-44)29-56-59-35-53(68-23-21-47-25-41(37-68)27-51(47)39-68)34-58-55-33-52(17-19-62(55)71(65(58)59)69(60)64(56)63)67-22-20-46-24-40(36-67)26-50(46)38-67/h1-19,28-35,40-41,46-47,50-51H,20-27,36-39H2. The summed E-state index contributed by atoms with van der Waals surface area (Å²) < 4.78 is 5.59. The molecule has 8 aromatic carbocycles. The van der Waals surface area contributed by atoms with Crippen molar-refractivity contribution in [3.8, 4) is 50.2 Å². The number of benzene rings is 8. The van der Waals surface area contributed by atoms with Crippen molar-refractivity contribution >= 4 is 61.4 Å². The van der Waals surface area contributed by atoms with E-state index in [9.17, 15) is 0 Å². The van der Waals surface area contributed by atoms with E-state index in [-0.39, 0.29) is 12.3 Å². The molecular weight excluding hydrogens is 856 g/mol. The summed E-state index contributed by atoms with van der Waals surface area (Å²) >= 11 is 0. The maximum Gasteiger partial charge on any atom is 0.333 e. The molecule has 2 nitrogen and oxygen atoms in total. The molecule has 0 radical (unpaired) electrons. The topological polar surface area (TPSA) is 9.86 Å². The molecule has 2 aliphatic heterocycles. The Morgan fingerprint density at radius 2 is 0.972 bits per heavy atom. The fourth-order valence-corrected chi connectivity index (χ4v) is 18.7. The van der Waals surface area contributed by atoms with Crippen LogP contribution in [0.2, 0.25) is 0 Å². The lowest BCUT2D eigenvalue weighted by Gasteiger charge is -2.46. The van der Waals surface area contributed by atoms with Crippen molar-refractivity contribution in [3.63, 3.8) is 0 Å². The highest BCUT2D eigenvalue weighted by atomic mass is 15.0. The van der Waals surface area contributed by atoms with Crippen molar-refractivity contribution in [2.24, 2.45) is 35.5 Å². The van der Waals surface area contributed by atoms with Gasteiger partial charge in [-0.15, -0.1) is 0 Å². The van der Waals surface area contributed by atoms with E-state index in [1.54, 1.807) is 11.1 Å². The van der Waals surface area contributed by atoms with E-state index in [0.29, 0.717) is 5.41 Å². The van der Waals surface area contributed by atoms with Crippen LogP contribution in [-0.4, -0.2) is 15.9 Å². The number of rotatable bonds is 5. The maximum atomic E-state index is 2.89. The molecule has 71 heavy (non-hydrogen) atoms. The third-order valence-corrected chi connectivity index (χ3v) is 21.4. The molecule has 342 valence electrons. The van der Waals surface area contributed by atoms with Crippen LogP contribution in [0.1, 0.15) is 88.2 Å². The van der Waals surface area contributed by atoms with Crippen LogP contribution in [0.4, 0.5) is 0 Å². The normalized spacial score (nSPS) is 28.0. The number of fused-ring (bicyclic) bond motifs is 14. The van der Waals surface area contributed by atoms with Gasteiger partial charge in [0.25, 0.3) is 0 Å². The average molecular weight is 913 g/mol. The van der Waals surface area contributed by atoms with E-state index in [2.05, 4.69) is 173 Å². The molecule has 8 atom stereocenters. The van der Waals surface area contributed by atoms with Crippen molar-refractivity contribution in [1.29, 1.82) is 0 Å². The van der Waals surface area contributed by atoms with Crippen LogP contribution in [0.15, 0.2) is 164 Å². The molecule has 2 aromatic heterocycles. The van der Waals surface area contributed by atoms with Crippen molar-refractivity contribution < 1.29 is 0 Å². The smallest absolute Gasteiger partial charge is 0.333 e. The van der Waals surface area contributed by atoms with E-state index in [1.165, 1.54) is 182 Å². The van der Waals surface area contributed by atoms with Crippen molar-refractivity contribution in [3.05, 3.63) is 175 Å². The summed E-state index contributed by atoms with van der Waals surface area (Å²) in [5.74, 6) is 5.56. The molecule has 3 heteroatoms. The molecule has 0 spiro atoms. The molecule has 10 aromatic rings. The van der Waals surface area contributed by atoms with Crippen molar-refractivity contribution in [2.45, 2.75) is 87.9 Å². The van der Waals surface area contributed by atoms with Gasteiger partial charge in [-0.1, -0.05) is 109 Å². The third kappa shape index (κ3) is 5.16. The van der Waals surface area contributed by atoms with Crippen LogP contribution in [0, 0.1) is 35.5 Å². The quantitative estimate of drug-likeness (QED) is 0.152. The Bertz CT molecular complexity index is 3950. The summed E-state index contributed by atoms with van der Waals surface area (Å²) in [5.41, 5.74) is 24.2. The summed E-state index contributed by atoms with van der Waals surface area (Å²) in [5, 5.41) is 5.68. The molecule has 18 rings (SSSR count). The second-order valence-electron chi connectivity index (χ2n) is 24.7. The van der Waals surface area contributed by atoms with Crippen LogP contribution in [0.5, 0.6) is 0 Å². The number of nitrogens with zero attached hydrogens (tertiary/aromatic N) is 2. The van der Waals surface area contributed by atoms with Gasteiger partial charge in [0.2, 0.25) is 0 Å². The first-order chi connectivity index (χ1) is 35.0. The van der Waals surface area contributed by atoms with Crippen LogP contribution in [0.25, 0.3) is 93.8 Å². The first-order valence-corrected chi connectivity index (χ1v) is 27.6. The molecule has 0 N–H and O–H groups in total. The predicted octanol–water partition coefficient (Wildman–Crippen LogP) is 15.8. The molecular formula is C68H57BN2. The highest BCUT2D eigenvalue weighted by Crippen LogP contribution is 2.64. The second kappa shape index (κ2) is 13.7. The van der Waals surface area contributed by atoms with E-state index in [4.69, 9.17) is 0 Å². The summed E-state index contributed by atoms with van der Waals surface area (Å²) in [6, 6.07) is 64.8. The van der Waals surface area contributed by atoms with Gasteiger partial charge in [0, 0.05) is 43.8 Å². The minimum Gasteiger partial charge on any atom is -0.375 e. The molecule has 6 bridgehead atoms. The third-order valence-electron chi connectivity index (χ3n) is 21.4. The SMILES string of the molecule is c1ccc(-c2cc3c4c(c2)-n2c5ccc(-c6ccccc6)cc5c5cc(-c6ccccc6)cc(c52)B4n2c4ccc(C56CCC7CC(CC7C5)C6)cc4c4cc(C56CCC7CC(CC7C5)C6)cc-3c42)cc1. The van der Waals surface area contributed by atoms with Gasteiger partial charge in [0.15, 0.2) is 0 Å². The highest BCUT2D eigenvalue weighted by Gasteiger charge is 2.54. The van der Waals surface area contributed by atoms with Crippen LogP contribution < -0.4 is 10.9 Å². The largest absolute Gasteiger partial charge is 0.375 e. The summed E-state index contributed by atoms with van der Waals surface area (Å²) in [6.07, 6.45) is 17.0. The molecule has 8 aliphatic rings. The van der Waals surface area contributed by atoms with Gasteiger partial charge in [-0.3, -0.25) is 0 Å². The Hall–Kier alpha value is -6.58. The summed E-state index contributed by atoms with van der Waals surface area (Å²) in [6.45, 7) is 0.00356. The molecule has 0 saturated heterocycles. The van der Waals surface area contributed by atoms with Gasteiger partial charge >= 0.3 is 6.85 Å². The molecule has 4 heterocycles. The van der Waals surface area contributed by atoms with E-state index >= 15 is 0 Å². The Kier molecular flexibility index (Phi) is 7.53. The lowest BCUT2D eigenvalue weighted by atomic mass is 9.45. The number of hydrogen-bond donors (Lipinski definition) is 0. The van der Waals surface area contributed by atoms with Gasteiger partial charge in [-0.25, -0.2) is 0 Å². The zero-order valence-electron chi connectivity index (χ0n) is 40.5. The van der Waals surface area contributed by atoms with Crippen molar-refractivity contribution in [2.75, 3.05) is 0 Å². The highest BCUT2D eigenvalue weighted by molar-refractivity contribution is 6.90. The molecule has 6 fully saturated rings. The molecule has 0 amide bonds. The molecule has 6 aliphatic carbocycles. The van der Waals surface area contributed by atoms with Gasteiger partial charge in [-0.2, -0.15) is 0 Å². The van der Waals surface area contributed by atoms with Crippen LogP contribution in [-0.2, 0) is 10.8 Å². The Balaban J connectivity index is 0.981.